The van der Waals surface area contributed by atoms with Crippen LogP contribution in [-0.4, -0.2) is 9.97 Å². The Kier molecular flexibility index (Phi) is 0.917. The summed E-state index contributed by atoms with van der Waals surface area (Å²) in [6.45, 7) is 0. The second kappa shape index (κ2) is 1.73. The molecule has 10 heavy (non-hydrogen) atoms. The smallest absolute Gasteiger partial charge is 0.248 e. The molecule has 0 unspecified atom stereocenters. The van der Waals surface area contributed by atoms with Crippen LogP contribution in [0.5, 0.6) is 0 Å². The van der Waals surface area contributed by atoms with Gasteiger partial charge < -0.3 is 9.97 Å². The van der Waals surface area contributed by atoms with Crippen LogP contribution in [0, 0.1) is 6.20 Å². The first-order valence-electron chi connectivity index (χ1n) is 2.94. The summed E-state index contributed by atoms with van der Waals surface area (Å²) < 4.78 is 0. The van der Waals surface area contributed by atoms with Crippen LogP contribution in [0.3, 0.4) is 0 Å². The van der Waals surface area contributed by atoms with Crippen molar-refractivity contribution in [1.82, 2.24) is 9.97 Å². The maximum atomic E-state index is 10.7. The Morgan fingerprint density at radius 2 is 2.40 bits per heavy atom. The van der Waals surface area contributed by atoms with E-state index < -0.39 is 0 Å². The number of aromatic amines is 2. The molecule has 0 bridgehead atoms. The van der Waals surface area contributed by atoms with Crippen LogP contribution in [0.15, 0.2) is 23.1 Å². The summed E-state index contributed by atoms with van der Waals surface area (Å²) in [5, 5.41) is 0.892. The van der Waals surface area contributed by atoms with E-state index in [1.807, 2.05) is 0 Å². The maximum Gasteiger partial charge on any atom is 0.248 e. The van der Waals surface area contributed by atoms with Gasteiger partial charge in [-0.05, 0) is 6.07 Å². The van der Waals surface area contributed by atoms with E-state index >= 15 is 0 Å². The van der Waals surface area contributed by atoms with Crippen molar-refractivity contribution in [3.8, 4) is 0 Å². The van der Waals surface area contributed by atoms with Gasteiger partial charge in [0.2, 0.25) is 5.56 Å². The summed E-state index contributed by atoms with van der Waals surface area (Å²) in [5.74, 6) is 0. The van der Waals surface area contributed by atoms with E-state index in [0.717, 1.165) is 10.9 Å². The molecule has 49 valence electrons. The highest BCUT2D eigenvalue weighted by atomic mass is 16.1. The quantitative estimate of drug-likeness (QED) is 0.544. The SMILES string of the molecule is O=c1cc2c[c][nH]c2c[nH]1. The summed E-state index contributed by atoms with van der Waals surface area (Å²) >= 11 is 0. The van der Waals surface area contributed by atoms with E-state index in [4.69, 9.17) is 0 Å². The molecule has 2 aromatic heterocycles. The number of hydrogen-bond acceptors (Lipinski definition) is 1. The summed E-state index contributed by atoms with van der Waals surface area (Å²) in [5.41, 5.74) is 0.820. The van der Waals surface area contributed by atoms with Gasteiger partial charge >= 0.3 is 0 Å². The molecule has 0 aliphatic carbocycles. The van der Waals surface area contributed by atoms with Gasteiger partial charge in [-0.15, -0.1) is 0 Å². The lowest BCUT2D eigenvalue weighted by Gasteiger charge is -1.84. The van der Waals surface area contributed by atoms with Gasteiger partial charge in [0.05, 0.1) is 11.7 Å². The molecule has 2 N–H and O–H groups in total. The minimum absolute atomic E-state index is 0.0829. The number of aromatic nitrogens is 2. The van der Waals surface area contributed by atoms with Gasteiger partial charge in [0, 0.05) is 17.6 Å². The van der Waals surface area contributed by atoms with Crippen LogP contribution in [0.2, 0.25) is 0 Å². The Bertz CT molecular complexity index is 399. The molecule has 0 spiro atoms. The van der Waals surface area contributed by atoms with Crippen LogP contribution in [0.25, 0.3) is 10.9 Å². The van der Waals surface area contributed by atoms with Gasteiger partial charge in [-0.1, -0.05) is 0 Å². The lowest BCUT2D eigenvalue weighted by Crippen LogP contribution is -2.00. The minimum Gasteiger partial charge on any atom is -0.352 e. The largest absolute Gasteiger partial charge is 0.352 e. The molecule has 0 aliphatic rings. The van der Waals surface area contributed by atoms with Crippen molar-refractivity contribution in [3.05, 3.63) is 34.9 Å². The van der Waals surface area contributed by atoms with Crippen molar-refractivity contribution < 1.29 is 0 Å². The fraction of sp³-hybridized carbons (Fsp3) is 0. The Morgan fingerprint density at radius 3 is 3.30 bits per heavy atom. The third-order valence-corrected chi connectivity index (χ3v) is 1.39. The van der Waals surface area contributed by atoms with Crippen molar-refractivity contribution in [2.24, 2.45) is 0 Å². The molecule has 0 amide bonds. The molecule has 0 fully saturated rings. The highest BCUT2D eigenvalue weighted by Gasteiger charge is 1.91. The standard InChI is InChI=1S/C7H5N2O/c10-7-3-5-1-2-8-6(5)4-9-7/h1,3-4,8H,(H,9,10). The zero-order valence-corrected chi connectivity index (χ0v) is 5.14. The molecule has 3 nitrogen and oxygen atoms in total. The second-order valence-corrected chi connectivity index (χ2v) is 2.08. The number of rotatable bonds is 0. The molecule has 2 rings (SSSR count). The van der Waals surface area contributed by atoms with Crippen LogP contribution < -0.4 is 5.56 Å². The third kappa shape index (κ3) is 0.639. The van der Waals surface area contributed by atoms with Gasteiger partial charge in [0.15, 0.2) is 0 Å². The van der Waals surface area contributed by atoms with E-state index in [-0.39, 0.29) is 5.56 Å². The van der Waals surface area contributed by atoms with E-state index in [1.165, 1.54) is 6.07 Å². The molecule has 0 saturated heterocycles. The monoisotopic (exact) mass is 133 g/mol. The molecule has 0 atom stereocenters. The molecule has 1 radical (unpaired) electrons. The zero-order valence-electron chi connectivity index (χ0n) is 5.14. The van der Waals surface area contributed by atoms with Crippen LogP contribution in [-0.2, 0) is 0 Å². The summed E-state index contributed by atoms with van der Waals surface area (Å²) in [7, 11) is 0. The fourth-order valence-electron chi connectivity index (χ4n) is 0.907. The average Bonchev–Trinajstić information content (AvgIpc) is 2.33. The van der Waals surface area contributed by atoms with Crippen molar-refractivity contribution >= 4 is 10.9 Å². The number of H-pyrrole nitrogens is 2. The van der Waals surface area contributed by atoms with Gasteiger partial charge in [-0.2, -0.15) is 0 Å². The predicted octanol–water partition coefficient (Wildman–Crippen LogP) is 0.656. The average molecular weight is 133 g/mol. The molecule has 0 aliphatic heterocycles. The second-order valence-electron chi connectivity index (χ2n) is 2.08. The highest BCUT2D eigenvalue weighted by molar-refractivity contribution is 5.77. The van der Waals surface area contributed by atoms with Crippen LogP contribution in [0.4, 0.5) is 0 Å². The maximum absolute atomic E-state index is 10.7. The minimum atomic E-state index is -0.0829. The van der Waals surface area contributed by atoms with E-state index in [1.54, 1.807) is 12.3 Å². The molecular weight excluding hydrogens is 128 g/mol. The van der Waals surface area contributed by atoms with Crippen molar-refractivity contribution in [3.63, 3.8) is 0 Å². The van der Waals surface area contributed by atoms with Crippen LogP contribution >= 0.6 is 0 Å². The van der Waals surface area contributed by atoms with E-state index in [9.17, 15) is 4.79 Å². The normalized spacial score (nSPS) is 10.4. The highest BCUT2D eigenvalue weighted by Crippen LogP contribution is 2.04. The number of hydrogen-bond donors (Lipinski definition) is 2. The van der Waals surface area contributed by atoms with Gasteiger partial charge in [0.1, 0.15) is 0 Å². The molecule has 3 heteroatoms. The van der Waals surface area contributed by atoms with Crippen molar-refractivity contribution in [2.75, 3.05) is 0 Å². The summed E-state index contributed by atoms with van der Waals surface area (Å²) in [6.07, 6.45) is 4.41. The van der Waals surface area contributed by atoms with E-state index in [0.29, 0.717) is 0 Å². The zero-order chi connectivity index (χ0) is 6.97. The topological polar surface area (TPSA) is 48.6 Å². The Labute approximate surface area is 56.7 Å². The number of fused-ring (bicyclic) bond motifs is 1. The predicted molar refractivity (Wildman–Crippen MR) is 37.8 cm³/mol. The van der Waals surface area contributed by atoms with E-state index in [2.05, 4.69) is 16.2 Å². The van der Waals surface area contributed by atoms with Gasteiger partial charge in [0.25, 0.3) is 0 Å². The molecule has 2 aromatic rings. The summed E-state index contributed by atoms with van der Waals surface area (Å²) in [4.78, 5) is 16.1. The molecule has 2 heterocycles. The van der Waals surface area contributed by atoms with Crippen LogP contribution in [0.1, 0.15) is 0 Å². The van der Waals surface area contributed by atoms with Gasteiger partial charge in [-0.25, -0.2) is 0 Å². The molecular formula is C7H5N2O. The molecule has 0 saturated carbocycles. The Hall–Kier alpha value is -1.51. The fourth-order valence-corrected chi connectivity index (χ4v) is 0.907. The first-order chi connectivity index (χ1) is 4.86. The molecule has 0 aromatic carbocycles. The first kappa shape index (κ1) is 5.29. The lowest BCUT2D eigenvalue weighted by molar-refractivity contribution is 1.26. The van der Waals surface area contributed by atoms with Crippen molar-refractivity contribution in [2.45, 2.75) is 0 Å². The number of pyridine rings is 1. The number of nitrogens with one attached hydrogen (secondary N) is 2. The van der Waals surface area contributed by atoms with Gasteiger partial charge in [-0.3, -0.25) is 4.79 Å². The Balaban J connectivity index is 2.99. The first-order valence-corrected chi connectivity index (χ1v) is 2.94. The third-order valence-electron chi connectivity index (χ3n) is 1.39. The Morgan fingerprint density at radius 1 is 1.50 bits per heavy atom. The summed E-state index contributed by atoms with van der Waals surface area (Å²) in [6, 6.07) is 3.27. The van der Waals surface area contributed by atoms with Crippen molar-refractivity contribution in [1.29, 1.82) is 0 Å². The lowest BCUT2D eigenvalue weighted by atomic mass is 10.3.